The topological polar surface area (TPSA) is 75.3 Å². The third kappa shape index (κ3) is 6.06. The summed E-state index contributed by atoms with van der Waals surface area (Å²) in [5.74, 6) is -0.538. The van der Waals surface area contributed by atoms with E-state index in [4.69, 9.17) is 23.2 Å². The van der Waals surface area contributed by atoms with Crippen molar-refractivity contribution in [3.8, 4) is 0 Å². The molecule has 3 aromatic carbocycles. The number of anilines is 1. The SMILES string of the molecule is O=C(Nc1ccc(Cl)cc1Cl)[C@@H](Cc1ccccc1)NS(=O)(=O)c1ccc(Br)cc1. The van der Waals surface area contributed by atoms with Gasteiger partial charge in [-0.25, -0.2) is 8.42 Å². The number of carbonyl (C=O) groups is 1. The summed E-state index contributed by atoms with van der Waals surface area (Å²) in [5, 5.41) is 3.36. The van der Waals surface area contributed by atoms with Crippen molar-refractivity contribution in [1.29, 1.82) is 0 Å². The molecule has 0 spiro atoms. The molecule has 0 saturated carbocycles. The second kappa shape index (κ2) is 9.94. The van der Waals surface area contributed by atoms with Crippen LogP contribution in [0.5, 0.6) is 0 Å². The number of sulfonamides is 1. The minimum Gasteiger partial charge on any atom is -0.323 e. The van der Waals surface area contributed by atoms with Gasteiger partial charge in [-0.2, -0.15) is 4.72 Å². The molecule has 0 radical (unpaired) electrons. The van der Waals surface area contributed by atoms with Crippen molar-refractivity contribution in [1.82, 2.24) is 4.72 Å². The van der Waals surface area contributed by atoms with Crippen LogP contribution in [0.15, 0.2) is 82.2 Å². The van der Waals surface area contributed by atoms with Crippen LogP contribution >= 0.6 is 39.1 Å². The van der Waals surface area contributed by atoms with Crippen LogP contribution in [0, 0.1) is 0 Å². The first-order valence-corrected chi connectivity index (χ1v) is 11.9. The molecule has 30 heavy (non-hydrogen) atoms. The molecular formula is C21H17BrCl2N2O3S. The fraction of sp³-hybridized carbons (Fsp3) is 0.0952. The summed E-state index contributed by atoms with van der Waals surface area (Å²) in [6.07, 6.45) is 0.160. The van der Waals surface area contributed by atoms with E-state index in [9.17, 15) is 13.2 Å². The molecule has 0 saturated heterocycles. The smallest absolute Gasteiger partial charge is 0.242 e. The van der Waals surface area contributed by atoms with Crippen LogP contribution in [0.4, 0.5) is 5.69 Å². The molecule has 0 heterocycles. The summed E-state index contributed by atoms with van der Waals surface area (Å²) in [7, 11) is -3.94. The third-order valence-electron chi connectivity index (χ3n) is 4.21. The minimum absolute atomic E-state index is 0.0566. The highest BCUT2D eigenvalue weighted by molar-refractivity contribution is 9.10. The lowest BCUT2D eigenvalue weighted by Gasteiger charge is -2.19. The molecule has 3 aromatic rings. The molecule has 0 fully saturated rings. The van der Waals surface area contributed by atoms with E-state index in [1.165, 1.54) is 18.2 Å². The van der Waals surface area contributed by atoms with Crippen molar-refractivity contribution in [2.24, 2.45) is 0 Å². The van der Waals surface area contributed by atoms with Crippen molar-refractivity contribution in [2.45, 2.75) is 17.4 Å². The fourth-order valence-electron chi connectivity index (χ4n) is 2.72. The van der Waals surface area contributed by atoms with Gasteiger partial charge in [-0.1, -0.05) is 69.5 Å². The summed E-state index contributed by atoms with van der Waals surface area (Å²) >= 11 is 15.3. The number of rotatable bonds is 7. The standard InChI is InChI=1S/C21H17BrCl2N2O3S/c22-15-6-9-17(10-7-15)30(28,29)26-20(12-14-4-2-1-3-5-14)21(27)25-19-11-8-16(23)13-18(19)24/h1-11,13,20,26H,12H2,(H,25,27)/t20-/m1/s1. The predicted molar refractivity (Wildman–Crippen MR) is 123 cm³/mol. The number of carbonyl (C=O) groups excluding carboxylic acids is 1. The van der Waals surface area contributed by atoms with Gasteiger partial charge in [0.25, 0.3) is 0 Å². The molecule has 156 valence electrons. The molecule has 3 rings (SSSR count). The highest BCUT2D eigenvalue weighted by atomic mass is 79.9. The molecule has 0 aliphatic heterocycles. The summed E-state index contributed by atoms with van der Waals surface area (Å²) in [5.41, 5.74) is 1.14. The van der Waals surface area contributed by atoms with Gasteiger partial charge in [0.05, 0.1) is 15.6 Å². The number of hydrogen-bond acceptors (Lipinski definition) is 3. The van der Waals surface area contributed by atoms with Gasteiger partial charge in [-0.05, 0) is 54.4 Å². The number of amides is 1. The molecule has 0 aliphatic rings. The van der Waals surface area contributed by atoms with E-state index in [1.54, 1.807) is 24.3 Å². The minimum atomic E-state index is -3.94. The van der Waals surface area contributed by atoms with Crippen LogP contribution in [0.25, 0.3) is 0 Å². The zero-order valence-electron chi connectivity index (χ0n) is 15.5. The van der Waals surface area contributed by atoms with Gasteiger partial charge in [0, 0.05) is 9.50 Å². The second-order valence-corrected chi connectivity index (χ2v) is 9.90. The van der Waals surface area contributed by atoms with Crippen molar-refractivity contribution in [2.75, 3.05) is 5.32 Å². The van der Waals surface area contributed by atoms with Gasteiger partial charge in [-0.15, -0.1) is 0 Å². The summed E-state index contributed by atoms with van der Waals surface area (Å²) in [6.45, 7) is 0. The molecule has 0 unspecified atom stereocenters. The van der Waals surface area contributed by atoms with Crippen LogP contribution in [0.3, 0.4) is 0 Å². The zero-order valence-corrected chi connectivity index (χ0v) is 19.4. The Morgan fingerprint density at radius 1 is 0.967 bits per heavy atom. The van der Waals surface area contributed by atoms with E-state index in [0.717, 1.165) is 10.0 Å². The van der Waals surface area contributed by atoms with Crippen molar-refractivity contribution in [3.63, 3.8) is 0 Å². The molecule has 1 atom stereocenters. The average Bonchev–Trinajstić information content (AvgIpc) is 2.70. The van der Waals surface area contributed by atoms with Gasteiger partial charge in [0.15, 0.2) is 0 Å². The normalized spacial score (nSPS) is 12.4. The molecule has 0 bridgehead atoms. The second-order valence-electron chi connectivity index (χ2n) is 6.43. The number of halogens is 3. The predicted octanol–water partition coefficient (Wildman–Crippen LogP) is 5.28. The first-order chi connectivity index (χ1) is 14.2. The van der Waals surface area contributed by atoms with Crippen molar-refractivity contribution >= 4 is 60.7 Å². The Morgan fingerprint density at radius 3 is 2.27 bits per heavy atom. The van der Waals surface area contributed by atoms with Gasteiger partial charge in [0.2, 0.25) is 15.9 Å². The lowest BCUT2D eigenvalue weighted by Crippen LogP contribution is -2.45. The highest BCUT2D eigenvalue weighted by Gasteiger charge is 2.26. The zero-order chi connectivity index (χ0) is 21.7. The van der Waals surface area contributed by atoms with Crippen LogP contribution in [-0.4, -0.2) is 20.4 Å². The Kier molecular flexibility index (Phi) is 7.55. The van der Waals surface area contributed by atoms with Crippen molar-refractivity contribution in [3.05, 3.63) is 92.9 Å². The molecule has 2 N–H and O–H groups in total. The largest absolute Gasteiger partial charge is 0.323 e. The maximum atomic E-state index is 13.0. The fourth-order valence-corrected chi connectivity index (χ4v) is 4.63. The summed E-state index contributed by atoms with van der Waals surface area (Å²) in [4.78, 5) is 13.0. The molecular weight excluding hydrogens is 511 g/mol. The first-order valence-electron chi connectivity index (χ1n) is 8.82. The maximum Gasteiger partial charge on any atom is 0.242 e. The highest BCUT2D eigenvalue weighted by Crippen LogP contribution is 2.26. The Hall–Kier alpha value is -1.90. The van der Waals surface area contributed by atoms with Gasteiger partial charge in [0.1, 0.15) is 6.04 Å². The Labute approximate surface area is 193 Å². The average molecular weight is 528 g/mol. The number of hydrogen-bond donors (Lipinski definition) is 2. The van der Waals surface area contributed by atoms with E-state index in [-0.39, 0.29) is 16.3 Å². The van der Waals surface area contributed by atoms with E-state index in [2.05, 4.69) is 26.0 Å². The van der Waals surface area contributed by atoms with Crippen molar-refractivity contribution < 1.29 is 13.2 Å². The van der Waals surface area contributed by atoms with E-state index in [1.807, 2.05) is 30.3 Å². The molecule has 1 amide bonds. The number of nitrogens with one attached hydrogen (secondary N) is 2. The van der Waals surface area contributed by atoms with Crippen LogP contribution in [-0.2, 0) is 21.2 Å². The van der Waals surface area contributed by atoms with E-state index >= 15 is 0 Å². The molecule has 5 nitrogen and oxygen atoms in total. The third-order valence-corrected chi connectivity index (χ3v) is 6.77. The Balaban J connectivity index is 1.87. The molecule has 0 aliphatic carbocycles. The first kappa shape index (κ1) is 22.8. The summed E-state index contributed by atoms with van der Waals surface area (Å²) in [6, 6.07) is 18.9. The van der Waals surface area contributed by atoms with Crippen LogP contribution < -0.4 is 10.0 Å². The lowest BCUT2D eigenvalue weighted by molar-refractivity contribution is -0.117. The Morgan fingerprint density at radius 2 is 1.63 bits per heavy atom. The Bertz CT molecular complexity index is 1140. The summed E-state index contributed by atoms with van der Waals surface area (Å²) < 4.78 is 29.0. The lowest BCUT2D eigenvalue weighted by atomic mass is 10.1. The van der Waals surface area contributed by atoms with E-state index < -0.39 is 22.0 Å². The van der Waals surface area contributed by atoms with E-state index in [0.29, 0.717) is 10.7 Å². The van der Waals surface area contributed by atoms with Crippen LogP contribution in [0.2, 0.25) is 10.0 Å². The van der Waals surface area contributed by atoms with Gasteiger partial charge < -0.3 is 5.32 Å². The number of benzene rings is 3. The monoisotopic (exact) mass is 526 g/mol. The quantitative estimate of drug-likeness (QED) is 0.438. The van der Waals surface area contributed by atoms with Crippen LogP contribution in [0.1, 0.15) is 5.56 Å². The molecule has 9 heteroatoms. The van der Waals surface area contributed by atoms with Gasteiger partial charge >= 0.3 is 0 Å². The maximum absolute atomic E-state index is 13.0. The molecule has 0 aromatic heterocycles. The van der Waals surface area contributed by atoms with Gasteiger partial charge in [-0.3, -0.25) is 4.79 Å².